The van der Waals surface area contributed by atoms with Gasteiger partial charge in [-0.15, -0.1) is 11.3 Å². The lowest BCUT2D eigenvalue weighted by Gasteiger charge is -2.11. The number of aromatic nitrogens is 2. The zero-order valence-electron chi connectivity index (χ0n) is 9.90. The van der Waals surface area contributed by atoms with Gasteiger partial charge in [0.25, 0.3) is 0 Å². The molecule has 0 aliphatic carbocycles. The van der Waals surface area contributed by atoms with Crippen LogP contribution in [0.1, 0.15) is 27.2 Å². The Labute approximate surface area is 99.9 Å². The zero-order chi connectivity index (χ0) is 11.7. The monoisotopic (exact) mass is 235 g/mol. The fraction of sp³-hybridized carbons (Fsp3) is 0.417. The Morgan fingerprint density at radius 2 is 2.12 bits per heavy atom. The average molecular weight is 235 g/mol. The maximum absolute atomic E-state index is 6.17. The Kier molecular flexibility index (Phi) is 3.12. The lowest BCUT2D eigenvalue weighted by atomic mass is 10.2. The van der Waals surface area contributed by atoms with E-state index in [0.29, 0.717) is 0 Å². The molecule has 2 heterocycles. The number of hydrogen-bond acceptors (Lipinski definition) is 3. The Bertz CT molecular complexity index is 484. The summed E-state index contributed by atoms with van der Waals surface area (Å²) in [6, 6.07) is 6.33. The molecule has 4 heteroatoms. The summed E-state index contributed by atoms with van der Waals surface area (Å²) in [5.74, 6) is 0. The van der Waals surface area contributed by atoms with Crippen molar-refractivity contribution >= 4 is 11.3 Å². The molecular formula is C12H17N3S. The number of thiophene rings is 1. The third kappa shape index (κ3) is 2.33. The minimum Gasteiger partial charge on any atom is -0.322 e. The van der Waals surface area contributed by atoms with Crippen LogP contribution in [-0.4, -0.2) is 9.78 Å². The number of rotatable bonds is 3. The Morgan fingerprint density at radius 1 is 1.38 bits per heavy atom. The maximum atomic E-state index is 6.17. The molecule has 0 fully saturated rings. The third-order valence-electron chi connectivity index (χ3n) is 2.60. The second-order valence-corrected chi connectivity index (χ2v) is 5.48. The van der Waals surface area contributed by atoms with E-state index >= 15 is 0 Å². The van der Waals surface area contributed by atoms with Gasteiger partial charge in [0.05, 0.1) is 18.3 Å². The zero-order valence-corrected chi connectivity index (χ0v) is 10.7. The van der Waals surface area contributed by atoms with Crippen LogP contribution in [0.25, 0.3) is 0 Å². The molecule has 0 radical (unpaired) electrons. The average Bonchev–Trinajstić information content (AvgIpc) is 2.74. The van der Waals surface area contributed by atoms with Gasteiger partial charge in [0, 0.05) is 15.4 Å². The van der Waals surface area contributed by atoms with E-state index in [1.807, 2.05) is 11.6 Å². The van der Waals surface area contributed by atoms with Crippen LogP contribution in [0.4, 0.5) is 0 Å². The first-order valence-electron chi connectivity index (χ1n) is 5.39. The largest absolute Gasteiger partial charge is 0.322 e. The van der Waals surface area contributed by atoms with E-state index in [1.165, 1.54) is 15.4 Å². The van der Waals surface area contributed by atoms with Crippen molar-refractivity contribution in [1.82, 2.24) is 9.78 Å². The standard InChI is InChI=1S/C12H17N3S/c1-8-6-9(2)15(14-8)7-11(13)12-5-4-10(3)16-12/h4-6,11H,7,13H2,1-3H3. The first-order valence-corrected chi connectivity index (χ1v) is 6.21. The van der Waals surface area contributed by atoms with Gasteiger partial charge in [-0.3, -0.25) is 4.68 Å². The predicted octanol–water partition coefficient (Wildman–Crippen LogP) is 2.57. The van der Waals surface area contributed by atoms with Crippen LogP contribution in [0.15, 0.2) is 18.2 Å². The van der Waals surface area contributed by atoms with E-state index in [9.17, 15) is 0 Å². The van der Waals surface area contributed by atoms with Crippen LogP contribution >= 0.6 is 11.3 Å². The van der Waals surface area contributed by atoms with Crippen molar-refractivity contribution < 1.29 is 0 Å². The molecule has 2 N–H and O–H groups in total. The summed E-state index contributed by atoms with van der Waals surface area (Å²) in [6.07, 6.45) is 0. The minimum atomic E-state index is 0.0386. The molecule has 2 aromatic rings. The topological polar surface area (TPSA) is 43.8 Å². The molecule has 1 atom stereocenters. The second kappa shape index (κ2) is 4.39. The first-order chi connectivity index (χ1) is 7.56. The number of aryl methyl sites for hydroxylation is 3. The summed E-state index contributed by atoms with van der Waals surface area (Å²) in [6.45, 7) is 6.92. The van der Waals surface area contributed by atoms with Crippen molar-refractivity contribution in [2.24, 2.45) is 5.73 Å². The van der Waals surface area contributed by atoms with Gasteiger partial charge >= 0.3 is 0 Å². The Morgan fingerprint density at radius 3 is 2.62 bits per heavy atom. The van der Waals surface area contributed by atoms with E-state index in [0.717, 1.165) is 12.2 Å². The second-order valence-electron chi connectivity index (χ2n) is 4.16. The molecule has 0 saturated heterocycles. The quantitative estimate of drug-likeness (QED) is 0.888. The SMILES string of the molecule is Cc1cc(C)n(CC(N)c2ccc(C)s2)n1. The highest BCUT2D eigenvalue weighted by Gasteiger charge is 2.11. The summed E-state index contributed by atoms with van der Waals surface area (Å²) < 4.78 is 1.98. The normalized spacial score (nSPS) is 13.0. The summed E-state index contributed by atoms with van der Waals surface area (Å²) in [5, 5.41) is 4.42. The van der Waals surface area contributed by atoms with Gasteiger partial charge < -0.3 is 5.73 Å². The molecule has 0 saturated carbocycles. The Balaban J connectivity index is 2.13. The molecule has 2 aromatic heterocycles. The van der Waals surface area contributed by atoms with E-state index in [2.05, 4.69) is 37.1 Å². The van der Waals surface area contributed by atoms with Crippen LogP contribution in [-0.2, 0) is 6.54 Å². The van der Waals surface area contributed by atoms with E-state index in [-0.39, 0.29) is 6.04 Å². The van der Waals surface area contributed by atoms with Gasteiger partial charge in [-0.2, -0.15) is 5.10 Å². The summed E-state index contributed by atoms with van der Waals surface area (Å²) in [7, 11) is 0. The molecule has 0 bridgehead atoms. The first kappa shape index (κ1) is 11.4. The molecule has 16 heavy (non-hydrogen) atoms. The number of nitrogens with zero attached hydrogens (tertiary/aromatic N) is 2. The molecular weight excluding hydrogens is 218 g/mol. The molecule has 0 amide bonds. The highest BCUT2D eigenvalue weighted by Crippen LogP contribution is 2.22. The number of nitrogens with two attached hydrogens (primary N) is 1. The van der Waals surface area contributed by atoms with E-state index < -0.39 is 0 Å². The fourth-order valence-corrected chi connectivity index (χ4v) is 2.66. The van der Waals surface area contributed by atoms with Crippen molar-refractivity contribution in [3.63, 3.8) is 0 Å². The summed E-state index contributed by atoms with van der Waals surface area (Å²) >= 11 is 1.76. The van der Waals surface area contributed by atoms with Crippen molar-refractivity contribution in [3.05, 3.63) is 39.3 Å². The molecule has 0 aliphatic rings. The van der Waals surface area contributed by atoms with Gasteiger partial charge in [-0.05, 0) is 39.0 Å². The van der Waals surface area contributed by atoms with Crippen molar-refractivity contribution in [2.75, 3.05) is 0 Å². The molecule has 0 aromatic carbocycles. The van der Waals surface area contributed by atoms with Crippen LogP contribution in [0, 0.1) is 20.8 Å². The lowest BCUT2D eigenvalue weighted by molar-refractivity contribution is 0.520. The smallest absolute Gasteiger partial charge is 0.0613 e. The van der Waals surface area contributed by atoms with Crippen molar-refractivity contribution in [2.45, 2.75) is 33.4 Å². The Hall–Kier alpha value is -1.13. The molecule has 0 spiro atoms. The third-order valence-corrected chi connectivity index (χ3v) is 3.73. The highest BCUT2D eigenvalue weighted by molar-refractivity contribution is 7.12. The van der Waals surface area contributed by atoms with Crippen molar-refractivity contribution in [1.29, 1.82) is 0 Å². The van der Waals surface area contributed by atoms with Crippen LogP contribution < -0.4 is 5.73 Å². The molecule has 2 rings (SSSR count). The van der Waals surface area contributed by atoms with Gasteiger partial charge in [0.15, 0.2) is 0 Å². The van der Waals surface area contributed by atoms with Gasteiger partial charge in [0.2, 0.25) is 0 Å². The van der Waals surface area contributed by atoms with E-state index in [4.69, 9.17) is 5.73 Å². The summed E-state index contributed by atoms with van der Waals surface area (Å²) in [5.41, 5.74) is 8.38. The molecule has 1 unspecified atom stereocenters. The fourth-order valence-electron chi connectivity index (χ4n) is 1.79. The van der Waals surface area contributed by atoms with Crippen LogP contribution in [0.3, 0.4) is 0 Å². The minimum absolute atomic E-state index is 0.0386. The summed E-state index contributed by atoms with van der Waals surface area (Å²) in [4.78, 5) is 2.53. The van der Waals surface area contributed by atoms with E-state index in [1.54, 1.807) is 11.3 Å². The van der Waals surface area contributed by atoms with Crippen LogP contribution in [0.2, 0.25) is 0 Å². The van der Waals surface area contributed by atoms with Gasteiger partial charge in [0.1, 0.15) is 0 Å². The number of hydrogen-bond donors (Lipinski definition) is 1. The molecule has 3 nitrogen and oxygen atoms in total. The predicted molar refractivity (Wildman–Crippen MR) is 67.7 cm³/mol. The van der Waals surface area contributed by atoms with Crippen molar-refractivity contribution in [3.8, 4) is 0 Å². The van der Waals surface area contributed by atoms with Gasteiger partial charge in [-0.1, -0.05) is 0 Å². The lowest BCUT2D eigenvalue weighted by Crippen LogP contribution is -2.18. The van der Waals surface area contributed by atoms with Crippen LogP contribution in [0.5, 0.6) is 0 Å². The molecule has 0 aliphatic heterocycles. The van der Waals surface area contributed by atoms with Gasteiger partial charge in [-0.25, -0.2) is 0 Å². The highest BCUT2D eigenvalue weighted by atomic mass is 32.1. The molecule has 86 valence electrons. The maximum Gasteiger partial charge on any atom is 0.0613 e.